The summed E-state index contributed by atoms with van der Waals surface area (Å²) in [6.07, 6.45) is 7.62. The monoisotopic (exact) mass is 712 g/mol. The third kappa shape index (κ3) is 7.49. The van der Waals surface area contributed by atoms with E-state index in [0.717, 1.165) is 32.1 Å². The number of rotatable bonds is 12. The number of halogens is 2. The van der Waals surface area contributed by atoms with Gasteiger partial charge in [0.2, 0.25) is 5.75 Å². The lowest BCUT2D eigenvalue weighted by Crippen LogP contribution is -2.31. The Morgan fingerprint density at radius 1 is 0.885 bits per heavy atom. The maximum atomic E-state index is 15.6. The number of carbonyl (C=O) groups excluding carboxylic acids is 1. The second-order valence-electron chi connectivity index (χ2n) is 12.4. The van der Waals surface area contributed by atoms with Crippen LogP contribution in [0.25, 0.3) is 16.6 Å². The number of ether oxygens (including phenoxy) is 5. The maximum absolute atomic E-state index is 15.6. The molecular weight excluding hydrogens is 674 g/mol. The van der Waals surface area contributed by atoms with Gasteiger partial charge in [-0.3, -0.25) is 19.1 Å². The average Bonchev–Trinajstić information content (AvgIpc) is 3.15. The molecule has 2 aliphatic rings. The van der Waals surface area contributed by atoms with Gasteiger partial charge in [0.25, 0.3) is 11.5 Å². The van der Waals surface area contributed by atoms with Crippen molar-refractivity contribution in [1.29, 1.82) is 0 Å². The first kappa shape index (κ1) is 34.7. The van der Waals surface area contributed by atoms with E-state index in [1.54, 1.807) is 25.3 Å². The maximum Gasteiger partial charge on any atom is 0.271 e. The summed E-state index contributed by atoms with van der Waals surface area (Å²) >= 11 is 0. The molecule has 7 rings (SSSR count). The molecule has 0 unspecified atom stereocenters. The number of nitrogens with one attached hydrogen (secondary N) is 1. The highest BCUT2D eigenvalue weighted by Gasteiger charge is 2.26. The molecule has 1 amide bonds. The summed E-state index contributed by atoms with van der Waals surface area (Å²) in [5.74, 6) is -0.479. The Morgan fingerprint density at radius 2 is 1.67 bits per heavy atom. The summed E-state index contributed by atoms with van der Waals surface area (Å²) < 4.78 is 60.2. The van der Waals surface area contributed by atoms with Gasteiger partial charge in [0.1, 0.15) is 36.1 Å². The fraction of sp³-hybridized carbons (Fsp3) is 0.308. The van der Waals surface area contributed by atoms with Crippen LogP contribution in [0, 0.1) is 11.6 Å². The van der Waals surface area contributed by atoms with Crippen molar-refractivity contribution in [2.75, 3.05) is 51.4 Å². The molecule has 270 valence electrons. The SMILES string of the molecule is CCOc1ccn(-c2ccc(F)cc2)c(=O)c1C(=O)Nc1ccc(Oc2ccnc3cc(OCCCN4CCCCC4)c4c(c23)OCCO4)c(F)c1. The number of benzene rings is 3. The largest absolute Gasteiger partial charge is 0.493 e. The van der Waals surface area contributed by atoms with Gasteiger partial charge in [-0.25, -0.2) is 8.78 Å². The molecule has 11 nitrogen and oxygen atoms in total. The summed E-state index contributed by atoms with van der Waals surface area (Å²) in [6.45, 7) is 6.27. The Labute approximate surface area is 298 Å². The minimum atomic E-state index is -0.814. The number of amides is 1. The van der Waals surface area contributed by atoms with Crippen LogP contribution in [0.1, 0.15) is 43.0 Å². The van der Waals surface area contributed by atoms with Crippen LogP contribution in [0.15, 0.2) is 77.9 Å². The van der Waals surface area contributed by atoms with Gasteiger partial charge in [-0.05, 0) is 87.8 Å². The predicted octanol–water partition coefficient (Wildman–Crippen LogP) is 7.13. The lowest BCUT2D eigenvalue weighted by atomic mass is 10.1. The number of likely N-dealkylation sites (tertiary alicyclic amines) is 1. The van der Waals surface area contributed by atoms with Crippen LogP contribution < -0.4 is 34.6 Å². The van der Waals surface area contributed by atoms with E-state index in [1.165, 1.54) is 72.5 Å². The molecule has 0 spiro atoms. The van der Waals surface area contributed by atoms with E-state index >= 15 is 4.39 Å². The normalized spacial score (nSPS) is 14.2. The predicted molar refractivity (Wildman–Crippen MR) is 191 cm³/mol. The van der Waals surface area contributed by atoms with Gasteiger partial charge in [0, 0.05) is 42.4 Å². The zero-order chi connectivity index (χ0) is 36.0. The number of hydrogen-bond acceptors (Lipinski definition) is 9. The van der Waals surface area contributed by atoms with Gasteiger partial charge in [0.15, 0.2) is 23.1 Å². The Balaban J connectivity index is 1.10. The Morgan fingerprint density at radius 3 is 2.44 bits per heavy atom. The zero-order valence-electron chi connectivity index (χ0n) is 28.7. The van der Waals surface area contributed by atoms with E-state index in [-0.39, 0.29) is 35.1 Å². The van der Waals surface area contributed by atoms with E-state index < -0.39 is 23.1 Å². The number of piperidine rings is 1. The fourth-order valence-electron chi connectivity index (χ4n) is 6.40. The van der Waals surface area contributed by atoms with Crippen molar-refractivity contribution in [2.45, 2.75) is 32.6 Å². The van der Waals surface area contributed by atoms with Gasteiger partial charge >= 0.3 is 0 Å². The molecule has 0 bridgehead atoms. The lowest BCUT2D eigenvalue weighted by molar-refractivity contribution is 0.102. The molecule has 0 radical (unpaired) electrons. The first-order valence-corrected chi connectivity index (χ1v) is 17.4. The molecule has 5 aromatic rings. The van der Waals surface area contributed by atoms with Gasteiger partial charge in [-0.15, -0.1) is 0 Å². The van der Waals surface area contributed by atoms with Gasteiger partial charge in [-0.1, -0.05) is 6.42 Å². The topological polar surface area (TPSA) is 113 Å². The molecule has 1 N–H and O–H groups in total. The molecular formula is C39H38F2N4O7. The van der Waals surface area contributed by atoms with Crippen LogP contribution in [0.5, 0.6) is 34.5 Å². The fourth-order valence-corrected chi connectivity index (χ4v) is 6.40. The molecule has 13 heteroatoms. The van der Waals surface area contributed by atoms with E-state index in [4.69, 9.17) is 23.7 Å². The van der Waals surface area contributed by atoms with Crippen molar-refractivity contribution >= 4 is 22.5 Å². The second-order valence-corrected chi connectivity index (χ2v) is 12.4. The number of hydrogen-bond donors (Lipinski definition) is 1. The summed E-state index contributed by atoms with van der Waals surface area (Å²) in [7, 11) is 0. The average molecular weight is 713 g/mol. The second kappa shape index (κ2) is 15.7. The smallest absolute Gasteiger partial charge is 0.271 e. The Bertz CT molecular complexity index is 2140. The van der Waals surface area contributed by atoms with Crippen molar-refractivity contribution in [1.82, 2.24) is 14.5 Å². The van der Waals surface area contributed by atoms with Crippen molar-refractivity contribution in [3.8, 4) is 40.2 Å². The van der Waals surface area contributed by atoms with E-state index in [0.29, 0.717) is 53.7 Å². The molecule has 1 saturated heterocycles. The van der Waals surface area contributed by atoms with E-state index in [2.05, 4.69) is 15.2 Å². The molecule has 1 fully saturated rings. The first-order chi connectivity index (χ1) is 25.4. The first-order valence-electron chi connectivity index (χ1n) is 17.4. The molecule has 2 aromatic heterocycles. The zero-order valence-corrected chi connectivity index (χ0v) is 28.7. The van der Waals surface area contributed by atoms with Gasteiger partial charge < -0.3 is 33.9 Å². The number of fused-ring (bicyclic) bond motifs is 3. The minimum absolute atomic E-state index is 0.0499. The number of anilines is 1. The highest BCUT2D eigenvalue weighted by molar-refractivity contribution is 6.06. The molecule has 4 heterocycles. The van der Waals surface area contributed by atoms with Crippen molar-refractivity contribution in [3.63, 3.8) is 0 Å². The summed E-state index contributed by atoms with van der Waals surface area (Å²) in [5, 5.41) is 3.08. The molecule has 0 saturated carbocycles. The number of aromatic nitrogens is 2. The highest BCUT2D eigenvalue weighted by atomic mass is 19.1. The molecule has 52 heavy (non-hydrogen) atoms. The number of carbonyl (C=O) groups is 1. The standard InChI is InChI=1S/C39H38F2N4O7/c1-2-48-31-14-19-45(27-10-7-25(40)8-11-27)39(47)35(31)38(46)43-26-9-12-30(28(41)23-26)52-32-13-15-42-29-24-33(36-37(34(29)32)51-22-21-50-36)49-20-6-18-44-16-4-3-5-17-44/h7-15,19,23-24H,2-6,16-18,20-22H2,1H3,(H,43,46). The number of nitrogens with zero attached hydrogens (tertiary/aromatic N) is 3. The summed E-state index contributed by atoms with van der Waals surface area (Å²) in [6, 6.07) is 14.0. The van der Waals surface area contributed by atoms with Crippen LogP contribution in [0.2, 0.25) is 0 Å². The summed E-state index contributed by atoms with van der Waals surface area (Å²) in [5.41, 5.74) is -0.0403. The number of pyridine rings is 2. The lowest BCUT2D eigenvalue weighted by Gasteiger charge is -2.26. The third-order valence-corrected chi connectivity index (χ3v) is 8.86. The third-order valence-electron chi connectivity index (χ3n) is 8.86. The summed E-state index contributed by atoms with van der Waals surface area (Å²) in [4.78, 5) is 33.9. The molecule has 0 atom stereocenters. The van der Waals surface area contributed by atoms with Crippen LogP contribution in [-0.2, 0) is 0 Å². The van der Waals surface area contributed by atoms with Gasteiger partial charge in [0.05, 0.1) is 24.1 Å². The van der Waals surface area contributed by atoms with Crippen LogP contribution in [0.4, 0.5) is 14.5 Å². The van der Waals surface area contributed by atoms with E-state index in [9.17, 15) is 14.0 Å². The van der Waals surface area contributed by atoms with Crippen LogP contribution >= 0.6 is 0 Å². The molecule has 3 aromatic carbocycles. The van der Waals surface area contributed by atoms with Crippen LogP contribution in [-0.4, -0.2) is 66.4 Å². The van der Waals surface area contributed by atoms with Crippen molar-refractivity contribution in [3.05, 3.63) is 101 Å². The van der Waals surface area contributed by atoms with Crippen LogP contribution in [0.3, 0.4) is 0 Å². The highest BCUT2D eigenvalue weighted by Crippen LogP contribution is 2.48. The quantitative estimate of drug-likeness (QED) is 0.135. The molecule has 0 aliphatic carbocycles. The molecule has 2 aliphatic heterocycles. The van der Waals surface area contributed by atoms with Crippen molar-refractivity contribution in [2.24, 2.45) is 0 Å². The minimum Gasteiger partial charge on any atom is -0.493 e. The Kier molecular flexibility index (Phi) is 10.5. The van der Waals surface area contributed by atoms with Gasteiger partial charge in [-0.2, -0.15) is 0 Å². The Hall–Kier alpha value is -5.69. The van der Waals surface area contributed by atoms with Crippen molar-refractivity contribution < 1.29 is 37.3 Å². The van der Waals surface area contributed by atoms with E-state index in [1.807, 2.05) is 0 Å².